The molecule has 0 bridgehead atoms. The van der Waals surface area contributed by atoms with E-state index in [0.29, 0.717) is 41.5 Å². The fraction of sp³-hybridized carbons (Fsp3) is 0.407. The molecule has 188 valence electrons. The number of fused-ring (bicyclic) bond motifs is 2. The molecule has 36 heavy (non-hydrogen) atoms. The summed E-state index contributed by atoms with van der Waals surface area (Å²) >= 11 is 0. The minimum Gasteiger partial charge on any atom is -0.492 e. The van der Waals surface area contributed by atoms with Crippen molar-refractivity contribution >= 4 is 17.3 Å². The molecule has 4 heterocycles. The Kier molecular flexibility index (Phi) is 5.40. The second-order valence-electron chi connectivity index (χ2n) is 10.1. The van der Waals surface area contributed by atoms with Gasteiger partial charge < -0.3 is 29.8 Å². The number of aromatic nitrogens is 2. The van der Waals surface area contributed by atoms with Gasteiger partial charge in [-0.3, -0.25) is 9.78 Å². The van der Waals surface area contributed by atoms with Gasteiger partial charge in [0.25, 0.3) is 5.91 Å². The van der Waals surface area contributed by atoms with Gasteiger partial charge >= 0.3 is 0 Å². The van der Waals surface area contributed by atoms with E-state index < -0.39 is 5.82 Å². The lowest BCUT2D eigenvalue weighted by Crippen LogP contribution is -2.50. The number of rotatable bonds is 7. The molecule has 8 nitrogen and oxygen atoms in total. The number of methoxy groups -OCH3 is 1. The maximum Gasteiger partial charge on any atom is 0.255 e. The first-order valence-corrected chi connectivity index (χ1v) is 12.3. The SMILES string of the molecule is COc1c(F)cccc1Nc1c(-c2ccncc2OC[C@@]2(C)CCO2)[nH]c2c1C(=O)NCC21CCC1. The average molecular weight is 493 g/mol. The number of H-pyrrole nitrogens is 1. The fourth-order valence-electron chi connectivity index (χ4n) is 5.35. The van der Waals surface area contributed by atoms with Crippen LogP contribution in [0.5, 0.6) is 11.5 Å². The van der Waals surface area contributed by atoms with Crippen LogP contribution in [0, 0.1) is 5.82 Å². The number of benzene rings is 1. The zero-order chi connectivity index (χ0) is 24.9. The van der Waals surface area contributed by atoms with Crippen molar-refractivity contribution in [1.82, 2.24) is 15.3 Å². The van der Waals surface area contributed by atoms with E-state index in [1.54, 1.807) is 24.5 Å². The van der Waals surface area contributed by atoms with Crippen LogP contribution in [0.25, 0.3) is 11.3 Å². The van der Waals surface area contributed by atoms with Crippen molar-refractivity contribution in [2.75, 3.05) is 32.2 Å². The van der Waals surface area contributed by atoms with Crippen LogP contribution in [0.1, 0.15) is 48.7 Å². The number of amides is 1. The van der Waals surface area contributed by atoms with Crippen LogP contribution in [-0.4, -0.2) is 48.3 Å². The van der Waals surface area contributed by atoms with Crippen LogP contribution < -0.4 is 20.1 Å². The van der Waals surface area contributed by atoms with E-state index in [4.69, 9.17) is 14.2 Å². The van der Waals surface area contributed by atoms with E-state index in [2.05, 4.69) is 20.6 Å². The first kappa shape index (κ1) is 22.8. The molecular formula is C27H29FN4O4. The third kappa shape index (κ3) is 3.61. The molecule has 2 fully saturated rings. The molecule has 1 saturated heterocycles. The van der Waals surface area contributed by atoms with Crippen LogP contribution >= 0.6 is 0 Å². The molecule has 3 aromatic rings. The quantitative estimate of drug-likeness (QED) is 0.443. The molecule has 9 heteroatoms. The van der Waals surface area contributed by atoms with Crippen molar-refractivity contribution in [2.45, 2.75) is 43.6 Å². The number of para-hydroxylation sites is 1. The number of nitrogens with one attached hydrogen (secondary N) is 3. The molecular weight excluding hydrogens is 463 g/mol. The van der Waals surface area contributed by atoms with E-state index >= 15 is 0 Å². The minimum atomic E-state index is -0.491. The van der Waals surface area contributed by atoms with Crippen molar-refractivity contribution in [2.24, 2.45) is 0 Å². The van der Waals surface area contributed by atoms with Crippen molar-refractivity contribution < 1.29 is 23.4 Å². The first-order valence-electron chi connectivity index (χ1n) is 12.3. The summed E-state index contributed by atoms with van der Waals surface area (Å²) in [5.41, 5.74) is 3.41. The van der Waals surface area contributed by atoms with Gasteiger partial charge in [-0.1, -0.05) is 12.5 Å². The molecule has 2 aromatic heterocycles. The summed E-state index contributed by atoms with van der Waals surface area (Å²) in [7, 11) is 1.42. The Bertz CT molecular complexity index is 1330. The number of carbonyl (C=O) groups is 1. The Balaban J connectivity index is 1.49. The van der Waals surface area contributed by atoms with Gasteiger partial charge in [-0.15, -0.1) is 0 Å². The van der Waals surface area contributed by atoms with Gasteiger partial charge in [0.05, 0.1) is 42.5 Å². The van der Waals surface area contributed by atoms with Gasteiger partial charge in [0.2, 0.25) is 0 Å². The lowest BCUT2D eigenvalue weighted by Gasteiger charge is -2.44. The van der Waals surface area contributed by atoms with Crippen molar-refractivity contribution in [3.63, 3.8) is 0 Å². The third-order valence-electron chi connectivity index (χ3n) is 7.75. The maximum atomic E-state index is 14.5. The molecule has 0 unspecified atom stereocenters. The van der Waals surface area contributed by atoms with Gasteiger partial charge in [0.15, 0.2) is 11.6 Å². The van der Waals surface area contributed by atoms with Crippen molar-refractivity contribution in [3.8, 4) is 22.8 Å². The Morgan fingerprint density at radius 1 is 1.25 bits per heavy atom. The number of nitrogens with zero attached hydrogens (tertiary/aromatic N) is 1. The highest BCUT2D eigenvalue weighted by Crippen LogP contribution is 2.51. The van der Waals surface area contributed by atoms with Crippen LogP contribution in [0.4, 0.5) is 15.8 Å². The molecule has 1 aliphatic carbocycles. The summed E-state index contributed by atoms with van der Waals surface area (Å²) in [6.45, 7) is 3.73. The largest absolute Gasteiger partial charge is 0.492 e. The molecule has 0 radical (unpaired) electrons. The lowest BCUT2D eigenvalue weighted by atomic mass is 9.64. The second kappa shape index (κ2) is 8.51. The van der Waals surface area contributed by atoms with Gasteiger partial charge in [-0.25, -0.2) is 4.39 Å². The second-order valence-corrected chi connectivity index (χ2v) is 10.1. The summed E-state index contributed by atoms with van der Waals surface area (Å²) in [4.78, 5) is 21.1. The minimum absolute atomic E-state index is 0.0780. The van der Waals surface area contributed by atoms with Crippen LogP contribution in [-0.2, 0) is 10.2 Å². The Hall–Kier alpha value is -3.59. The molecule has 6 rings (SSSR count). The smallest absolute Gasteiger partial charge is 0.255 e. The predicted octanol–water partition coefficient (Wildman–Crippen LogP) is 4.69. The topological polar surface area (TPSA) is 97.5 Å². The zero-order valence-electron chi connectivity index (χ0n) is 20.4. The number of ether oxygens (including phenoxy) is 3. The Labute approximate surface area is 208 Å². The highest BCUT2D eigenvalue weighted by atomic mass is 19.1. The lowest BCUT2D eigenvalue weighted by molar-refractivity contribution is -0.152. The number of halogens is 1. The standard InChI is InChI=1S/C27H29FN4O4/c1-26(10-12-36-26)15-35-19-13-29-11-7-16(19)21-22(31-18-6-3-5-17(28)23(18)34-2)20-24(32-21)27(8-4-9-27)14-30-25(20)33/h3,5-7,11,13,31-32H,4,8-10,12,14-15H2,1-2H3,(H,30,33)/t26-/m1/s1. The first-order chi connectivity index (χ1) is 17.4. The normalized spacial score (nSPS) is 21.7. The number of hydrogen-bond acceptors (Lipinski definition) is 6. The summed E-state index contributed by atoms with van der Waals surface area (Å²) in [5, 5.41) is 6.39. The molecule has 1 spiro atoms. The number of pyridine rings is 1. The Morgan fingerprint density at radius 3 is 2.78 bits per heavy atom. The number of anilines is 2. The average Bonchev–Trinajstić information content (AvgIpc) is 3.21. The monoisotopic (exact) mass is 492 g/mol. The molecule has 1 amide bonds. The summed E-state index contributed by atoms with van der Waals surface area (Å²) in [5.74, 6) is -0.00998. The van der Waals surface area contributed by atoms with Gasteiger partial charge in [-0.2, -0.15) is 0 Å². The highest BCUT2D eigenvalue weighted by Gasteiger charge is 2.47. The molecule has 1 aromatic carbocycles. The van der Waals surface area contributed by atoms with Crippen molar-refractivity contribution in [1.29, 1.82) is 0 Å². The van der Waals surface area contributed by atoms with Crippen LogP contribution in [0.3, 0.4) is 0 Å². The molecule has 2 aliphatic heterocycles. The van der Waals surface area contributed by atoms with E-state index in [1.807, 2.05) is 13.0 Å². The zero-order valence-corrected chi connectivity index (χ0v) is 20.4. The van der Waals surface area contributed by atoms with E-state index in [1.165, 1.54) is 13.2 Å². The summed E-state index contributed by atoms with van der Waals surface area (Å²) < 4.78 is 31.7. The van der Waals surface area contributed by atoms with Gasteiger partial charge in [0, 0.05) is 35.8 Å². The van der Waals surface area contributed by atoms with E-state index in [0.717, 1.165) is 43.5 Å². The fourth-order valence-corrected chi connectivity index (χ4v) is 5.35. The summed E-state index contributed by atoms with van der Waals surface area (Å²) in [6, 6.07) is 6.53. The van der Waals surface area contributed by atoms with Crippen LogP contribution in [0.2, 0.25) is 0 Å². The van der Waals surface area contributed by atoms with Gasteiger partial charge in [0.1, 0.15) is 18.0 Å². The molecule has 3 aliphatic rings. The number of hydrogen-bond donors (Lipinski definition) is 3. The Morgan fingerprint density at radius 2 is 2.08 bits per heavy atom. The predicted molar refractivity (Wildman–Crippen MR) is 133 cm³/mol. The highest BCUT2D eigenvalue weighted by molar-refractivity contribution is 6.07. The van der Waals surface area contributed by atoms with E-state index in [9.17, 15) is 9.18 Å². The molecule has 3 N–H and O–H groups in total. The maximum absolute atomic E-state index is 14.5. The van der Waals surface area contributed by atoms with E-state index in [-0.39, 0.29) is 22.7 Å². The number of aromatic amines is 1. The summed E-state index contributed by atoms with van der Waals surface area (Å²) in [6.07, 6.45) is 7.36. The molecule has 1 atom stereocenters. The number of carbonyl (C=O) groups excluding carboxylic acids is 1. The van der Waals surface area contributed by atoms with Crippen LogP contribution in [0.15, 0.2) is 36.7 Å². The molecule has 1 saturated carbocycles. The third-order valence-corrected chi connectivity index (χ3v) is 7.75. The van der Waals surface area contributed by atoms with Gasteiger partial charge in [-0.05, 0) is 38.0 Å². The van der Waals surface area contributed by atoms with Crippen molar-refractivity contribution in [3.05, 3.63) is 53.7 Å².